The Labute approximate surface area is 191 Å². The SMILES string of the molecule is O=S(=O)(NS(=O)(=O)C(F)(F)F)C(F)(F)F.O=S(=O)(NS(=O)(=O)C(F)(F)F)C(F)(F)F.[La]. The van der Waals surface area contributed by atoms with E-state index in [4.69, 9.17) is 0 Å². The van der Waals surface area contributed by atoms with E-state index < -0.39 is 70.4 Å². The van der Waals surface area contributed by atoms with Gasteiger partial charge in [-0.15, -0.1) is 0 Å². The van der Waals surface area contributed by atoms with Crippen molar-refractivity contribution in [1.82, 2.24) is 8.25 Å². The molecule has 0 atom stereocenters. The Bertz CT molecular complexity index is 862. The molecule has 0 aromatic rings. The minimum absolute atomic E-state index is 0. The first-order chi connectivity index (χ1) is 12.4. The van der Waals surface area contributed by atoms with E-state index in [1.807, 2.05) is 0 Å². The summed E-state index contributed by atoms with van der Waals surface area (Å²) >= 11 is 0. The Hall–Kier alpha value is 0.0748. The van der Waals surface area contributed by atoms with Crippen LogP contribution in [0.3, 0.4) is 0 Å². The fourth-order valence-corrected chi connectivity index (χ4v) is 4.30. The van der Waals surface area contributed by atoms with Crippen molar-refractivity contribution < 1.29 is 122 Å². The summed E-state index contributed by atoms with van der Waals surface area (Å²) in [6.07, 6.45) is 0. The summed E-state index contributed by atoms with van der Waals surface area (Å²) in [7, 11) is -26.4. The predicted octanol–water partition coefficient (Wildman–Crippen LogP) is 0.550. The van der Waals surface area contributed by atoms with Gasteiger partial charge in [-0.05, 0) is 0 Å². The zero-order valence-electron chi connectivity index (χ0n) is 13.0. The molecule has 10 nitrogen and oxygen atoms in total. The van der Waals surface area contributed by atoms with E-state index in [0.717, 1.165) is 0 Å². The summed E-state index contributed by atoms with van der Waals surface area (Å²) in [5.41, 5.74) is -24.6. The van der Waals surface area contributed by atoms with Crippen LogP contribution in [-0.4, -0.2) is 55.7 Å². The van der Waals surface area contributed by atoms with Crippen LogP contribution in [0.2, 0.25) is 0 Å². The molecular weight excluding hydrogens is 699 g/mol. The van der Waals surface area contributed by atoms with E-state index in [0.29, 0.717) is 0 Å². The number of nitrogens with one attached hydrogen (secondary N) is 2. The van der Waals surface area contributed by atoms with Gasteiger partial charge >= 0.3 is 62.1 Å². The monoisotopic (exact) mass is 701 g/mol. The van der Waals surface area contributed by atoms with E-state index in [-0.39, 0.29) is 35.6 Å². The van der Waals surface area contributed by atoms with Gasteiger partial charge in [0.2, 0.25) is 0 Å². The third kappa shape index (κ3) is 10.3. The van der Waals surface area contributed by atoms with E-state index in [2.05, 4.69) is 0 Å². The number of halogens is 12. The minimum Gasteiger partial charge on any atom is -0.202 e. The second-order valence-electron chi connectivity index (χ2n) is 3.96. The van der Waals surface area contributed by atoms with Gasteiger partial charge in [0.1, 0.15) is 0 Å². The van der Waals surface area contributed by atoms with Crippen molar-refractivity contribution in [2.45, 2.75) is 22.0 Å². The molecule has 0 unspecified atom stereocenters. The smallest absolute Gasteiger partial charge is 0.202 e. The maximum atomic E-state index is 11.5. The number of hydrogen-bond acceptors (Lipinski definition) is 8. The molecule has 1 radical (unpaired) electrons. The summed E-state index contributed by atoms with van der Waals surface area (Å²) < 4.78 is 217. The molecule has 0 amide bonds. The van der Waals surface area contributed by atoms with Gasteiger partial charge in [-0.25, -0.2) is 33.7 Å². The van der Waals surface area contributed by atoms with Crippen LogP contribution in [0, 0.1) is 35.6 Å². The number of hydrogen-bond donors (Lipinski definition) is 2. The van der Waals surface area contributed by atoms with E-state index in [9.17, 15) is 86.4 Å². The van der Waals surface area contributed by atoms with Crippen LogP contribution in [0.15, 0.2) is 0 Å². The number of sulfonamides is 4. The number of rotatable bonds is 4. The molecule has 0 aromatic carbocycles. The van der Waals surface area contributed by atoms with Crippen LogP contribution in [0.1, 0.15) is 0 Å². The molecule has 0 aliphatic rings. The van der Waals surface area contributed by atoms with Crippen LogP contribution >= 0.6 is 0 Å². The largest absolute Gasteiger partial charge is 0.512 e. The average molecular weight is 701 g/mol. The third-order valence-electron chi connectivity index (χ3n) is 1.66. The Balaban J connectivity index is -0.000000490. The van der Waals surface area contributed by atoms with Gasteiger partial charge in [0.05, 0.1) is 0 Å². The van der Waals surface area contributed by atoms with Crippen molar-refractivity contribution in [3.63, 3.8) is 0 Å². The standard InChI is InChI=1S/2C2HF6NO4S2.La/c2*3-1(4,5)14(10,11)9-15(12,13)2(6,7)8;/h2*9H;. The Morgan fingerprint density at radius 1 is 0.355 bits per heavy atom. The number of alkyl halides is 12. The first-order valence-corrected chi connectivity index (χ1v) is 11.2. The summed E-state index contributed by atoms with van der Waals surface area (Å²) in [6.45, 7) is 0. The molecule has 0 saturated carbocycles. The van der Waals surface area contributed by atoms with Crippen molar-refractivity contribution >= 4 is 40.1 Å². The molecule has 0 saturated heterocycles. The van der Waals surface area contributed by atoms with Crippen LogP contribution in [0.25, 0.3) is 0 Å². The Kier molecular flexibility index (Phi) is 11.7. The normalized spacial score (nSPS) is 14.8. The molecular formula is C4H2F12LaN2O8S4. The molecule has 31 heavy (non-hydrogen) atoms. The minimum atomic E-state index is -6.60. The van der Waals surface area contributed by atoms with Gasteiger partial charge < -0.3 is 0 Å². The van der Waals surface area contributed by atoms with Crippen LogP contribution in [-0.2, 0) is 40.1 Å². The first-order valence-electron chi connectivity index (χ1n) is 5.23. The van der Waals surface area contributed by atoms with E-state index >= 15 is 0 Å². The molecule has 0 aromatic heterocycles. The first kappa shape index (κ1) is 35.7. The molecule has 0 rings (SSSR count). The van der Waals surface area contributed by atoms with Gasteiger partial charge in [-0.3, -0.25) is 0 Å². The third-order valence-corrected chi connectivity index (χ3v) is 7.61. The van der Waals surface area contributed by atoms with Crippen molar-refractivity contribution in [3.8, 4) is 0 Å². The van der Waals surface area contributed by atoms with E-state index in [1.54, 1.807) is 0 Å². The van der Waals surface area contributed by atoms with Gasteiger partial charge in [-0.1, -0.05) is 8.25 Å². The second kappa shape index (κ2) is 10.1. The fraction of sp³-hybridized carbons (Fsp3) is 1.00. The van der Waals surface area contributed by atoms with Crippen LogP contribution in [0.5, 0.6) is 0 Å². The predicted molar refractivity (Wildman–Crippen MR) is 66.2 cm³/mol. The fourth-order valence-electron chi connectivity index (χ4n) is 0.478. The molecule has 187 valence electrons. The van der Waals surface area contributed by atoms with Crippen LogP contribution < -0.4 is 8.25 Å². The molecule has 27 heteroatoms. The molecule has 0 fully saturated rings. The molecule has 0 aliphatic heterocycles. The topological polar surface area (TPSA) is 161 Å². The van der Waals surface area contributed by atoms with Crippen LogP contribution in [0.4, 0.5) is 52.7 Å². The van der Waals surface area contributed by atoms with Crippen molar-refractivity contribution in [3.05, 3.63) is 0 Å². The summed E-state index contributed by atoms with van der Waals surface area (Å²) in [4.78, 5) is 0. The molecule has 0 spiro atoms. The van der Waals surface area contributed by atoms with E-state index in [1.165, 1.54) is 0 Å². The molecule has 2 N–H and O–H groups in total. The summed E-state index contributed by atoms with van der Waals surface area (Å²) in [6, 6.07) is 0. The maximum absolute atomic E-state index is 11.5. The zero-order chi connectivity index (χ0) is 25.4. The van der Waals surface area contributed by atoms with Crippen molar-refractivity contribution in [1.29, 1.82) is 0 Å². The zero-order valence-corrected chi connectivity index (χ0v) is 19.9. The Morgan fingerprint density at radius 2 is 0.452 bits per heavy atom. The van der Waals surface area contributed by atoms with Crippen molar-refractivity contribution in [2.75, 3.05) is 0 Å². The maximum Gasteiger partial charge on any atom is 0.512 e. The average Bonchev–Trinajstić information content (AvgIpc) is 2.30. The molecule has 0 heterocycles. The Morgan fingerprint density at radius 3 is 0.516 bits per heavy atom. The van der Waals surface area contributed by atoms with Gasteiger partial charge in [-0.2, -0.15) is 52.7 Å². The van der Waals surface area contributed by atoms with Gasteiger partial charge in [0.25, 0.3) is 0 Å². The quantitative estimate of drug-likeness (QED) is 0.403. The molecule has 0 bridgehead atoms. The summed E-state index contributed by atoms with van der Waals surface area (Å²) in [5, 5.41) is 0. The second-order valence-corrected chi connectivity index (χ2v) is 11.2. The summed E-state index contributed by atoms with van der Waals surface area (Å²) in [5.74, 6) is 0. The molecule has 0 aliphatic carbocycles. The van der Waals surface area contributed by atoms with Gasteiger partial charge in [0, 0.05) is 35.6 Å². The van der Waals surface area contributed by atoms with Crippen molar-refractivity contribution in [2.24, 2.45) is 0 Å². The van der Waals surface area contributed by atoms with Gasteiger partial charge in [0.15, 0.2) is 0 Å².